The highest BCUT2D eigenvalue weighted by molar-refractivity contribution is 6.08. The first-order valence-corrected chi connectivity index (χ1v) is 8.20. The highest BCUT2D eigenvalue weighted by Crippen LogP contribution is 2.40. The highest BCUT2D eigenvalue weighted by Gasteiger charge is 2.43. The fraction of sp³-hybridized carbons (Fsp3) is 0.200. The summed E-state index contributed by atoms with van der Waals surface area (Å²) in [6.45, 7) is 1.61. The van der Waals surface area contributed by atoms with E-state index in [0.717, 1.165) is 0 Å². The molecule has 3 rings (SSSR count). The van der Waals surface area contributed by atoms with Gasteiger partial charge in [-0.15, -0.1) is 0 Å². The Hall–Kier alpha value is -3.02. The van der Waals surface area contributed by atoms with Crippen molar-refractivity contribution in [2.45, 2.75) is 25.9 Å². The number of Topliss-reactive ketones (excluding diaryl/α,β-unsaturated/α-hetero) is 1. The van der Waals surface area contributed by atoms with Gasteiger partial charge in [0.05, 0.1) is 11.6 Å². The third-order valence-corrected chi connectivity index (χ3v) is 4.39. The molecule has 2 aromatic carbocycles. The average Bonchev–Trinajstić information content (AvgIpc) is 2.88. The van der Waals surface area contributed by atoms with Crippen molar-refractivity contribution >= 4 is 11.7 Å². The minimum Gasteiger partial charge on any atom is -0.503 e. The number of aliphatic hydroxyl groups excluding tert-OH is 1. The Labute approximate surface area is 149 Å². The van der Waals surface area contributed by atoms with Gasteiger partial charge in [-0.2, -0.15) is 0 Å². The molecular weight excluding hydrogens is 340 g/mol. The number of amides is 1. The van der Waals surface area contributed by atoms with E-state index in [2.05, 4.69) is 0 Å². The van der Waals surface area contributed by atoms with Crippen LogP contribution in [0.3, 0.4) is 0 Å². The second-order valence-corrected chi connectivity index (χ2v) is 6.02. The molecule has 0 aromatic heterocycles. The minimum absolute atomic E-state index is 0.00265. The minimum atomic E-state index is -1.03. The van der Waals surface area contributed by atoms with E-state index in [0.29, 0.717) is 5.56 Å². The molecule has 0 bridgehead atoms. The number of nitrogens with zero attached hydrogens (tertiary/aromatic N) is 1. The van der Waals surface area contributed by atoms with Crippen LogP contribution in [0.25, 0.3) is 0 Å². The van der Waals surface area contributed by atoms with E-state index in [1.807, 2.05) is 0 Å². The Balaban J connectivity index is 2.07. The molecule has 0 saturated heterocycles. The average molecular weight is 357 g/mol. The summed E-state index contributed by atoms with van der Waals surface area (Å²) in [7, 11) is 0. The lowest BCUT2D eigenvalue weighted by molar-refractivity contribution is -0.130. The molecule has 1 aliphatic heterocycles. The van der Waals surface area contributed by atoms with E-state index in [4.69, 9.17) is 0 Å². The summed E-state index contributed by atoms with van der Waals surface area (Å²) >= 11 is 0. The number of hydrogen-bond acceptors (Lipinski definition) is 3. The van der Waals surface area contributed by atoms with Crippen LogP contribution < -0.4 is 0 Å². The number of hydrogen-bond donors (Lipinski definition) is 1. The van der Waals surface area contributed by atoms with Crippen LogP contribution in [-0.4, -0.2) is 21.7 Å². The monoisotopic (exact) mass is 357 g/mol. The second-order valence-electron chi connectivity index (χ2n) is 6.02. The van der Waals surface area contributed by atoms with Gasteiger partial charge in [-0.05, 0) is 23.8 Å². The van der Waals surface area contributed by atoms with Gasteiger partial charge in [0.1, 0.15) is 11.6 Å². The second kappa shape index (κ2) is 7.07. The predicted molar refractivity (Wildman–Crippen MR) is 91.0 cm³/mol. The highest BCUT2D eigenvalue weighted by atomic mass is 19.1. The Bertz CT molecular complexity index is 890. The molecule has 6 heteroatoms. The van der Waals surface area contributed by atoms with Crippen molar-refractivity contribution in [3.05, 3.63) is 82.6 Å². The van der Waals surface area contributed by atoms with Crippen molar-refractivity contribution in [3.63, 3.8) is 0 Å². The number of aliphatic hydroxyl groups is 1. The van der Waals surface area contributed by atoms with E-state index >= 15 is 0 Å². The first kappa shape index (κ1) is 17.8. The number of carbonyl (C=O) groups is 2. The lowest BCUT2D eigenvalue weighted by Crippen LogP contribution is -2.31. The first-order valence-electron chi connectivity index (χ1n) is 8.20. The molecule has 0 fully saturated rings. The van der Waals surface area contributed by atoms with E-state index in [1.54, 1.807) is 13.0 Å². The summed E-state index contributed by atoms with van der Waals surface area (Å²) in [4.78, 5) is 26.1. The smallest absolute Gasteiger partial charge is 0.290 e. The third-order valence-electron chi connectivity index (χ3n) is 4.39. The Kier molecular flexibility index (Phi) is 4.84. The first-order chi connectivity index (χ1) is 12.4. The molecule has 0 spiro atoms. The normalized spacial score (nSPS) is 17.1. The zero-order valence-electron chi connectivity index (χ0n) is 14.1. The third kappa shape index (κ3) is 3.10. The van der Waals surface area contributed by atoms with Gasteiger partial charge in [0.2, 0.25) is 0 Å². The SMILES string of the molecule is CCC(=O)C1=C(O)C(=O)N(Cc2ccc(F)cc2)C1c1ccccc1F. The van der Waals surface area contributed by atoms with Gasteiger partial charge in [-0.1, -0.05) is 37.3 Å². The van der Waals surface area contributed by atoms with Crippen molar-refractivity contribution in [1.29, 1.82) is 0 Å². The number of carbonyl (C=O) groups excluding carboxylic acids is 2. The molecule has 1 unspecified atom stereocenters. The molecule has 2 aromatic rings. The van der Waals surface area contributed by atoms with Crippen LogP contribution in [0.4, 0.5) is 8.78 Å². The maximum atomic E-state index is 14.4. The van der Waals surface area contributed by atoms with E-state index < -0.39 is 35.1 Å². The molecule has 1 N–H and O–H groups in total. The van der Waals surface area contributed by atoms with E-state index in [-0.39, 0.29) is 24.1 Å². The molecular formula is C20H17F2NO3. The maximum Gasteiger partial charge on any atom is 0.290 e. The lowest BCUT2D eigenvalue weighted by atomic mass is 9.94. The van der Waals surface area contributed by atoms with Crippen molar-refractivity contribution in [2.24, 2.45) is 0 Å². The lowest BCUT2D eigenvalue weighted by Gasteiger charge is -2.27. The van der Waals surface area contributed by atoms with E-state index in [9.17, 15) is 23.5 Å². The number of rotatable bonds is 5. The molecule has 1 atom stereocenters. The summed E-state index contributed by atoms with van der Waals surface area (Å²) in [5.41, 5.74) is 0.618. The molecule has 134 valence electrons. The van der Waals surface area contributed by atoms with Crippen molar-refractivity contribution in [2.75, 3.05) is 0 Å². The van der Waals surface area contributed by atoms with Gasteiger partial charge >= 0.3 is 0 Å². The van der Waals surface area contributed by atoms with Crippen LogP contribution in [0.5, 0.6) is 0 Å². The van der Waals surface area contributed by atoms with Crippen LogP contribution >= 0.6 is 0 Å². The molecule has 1 aliphatic rings. The number of halogens is 2. The van der Waals surface area contributed by atoms with Crippen molar-refractivity contribution in [3.8, 4) is 0 Å². The maximum absolute atomic E-state index is 14.4. The Morgan fingerprint density at radius 3 is 2.38 bits per heavy atom. The summed E-state index contributed by atoms with van der Waals surface area (Å²) in [6, 6.07) is 10.3. The number of benzene rings is 2. The van der Waals surface area contributed by atoms with Crippen LogP contribution in [0.2, 0.25) is 0 Å². The topological polar surface area (TPSA) is 57.6 Å². The predicted octanol–water partition coefficient (Wildman–Crippen LogP) is 3.84. The van der Waals surface area contributed by atoms with Crippen LogP contribution in [-0.2, 0) is 16.1 Å². The van der Waals surface area contributed by atoms with Crippen molar-refractivity contribution in [1.82, 2.24) is 4.90 Å². The van der Waals surface area contributed by atoms with Gasteiger partial charge < -0.3 is 10.0 Å². The van der Waals surface area contributed by atoms with E-state index in [1.165, 1.54) is 47.4 Å². The van der Waals surface area contributed by atoms with Gasteiger partial charge in [0.15, 0.2) is 11.5 Å². The fourth-order valence-electron chi connectivity index (χ4n) is 3.10. The molecule has 26 heavy (non-hydrogen) atoms. The quantitative estimate of drug-likeness (QED) is 0.885. The largest absolute Gasteiger partial charge is 0.503 e. The zero-order valence-corrected chi connectivity index (χ0v) is 14.1. The summed E-state index contributed by atoms with van der Waals surface area (Å²) in [5.74, 6) is -2.84. The van der Waals surface area contributed by atoms with Gasteiger partial charge in [-0.3, -0.25) is 9.59 Å². The number of ketones is 1. The fourth-order valence-corrected chi connectivity index (χ4v) is 3.10. The summed E-state index contributed by atoms with van der Waals surface area (Å²) in [5, 5.41) is 10.3. The Morgan fingerprint density at radius 1 is 1.12 bits per heavy atom. The van der Waals surface area contributed by atoms with Crippen molar-refractivity contribution < 1.29 is 23.5 Å². The van der Waals surface area contributed by atoms with Gasteiger partial charge in [0, 0.05) is 18.5 Å². The molecule has 0 saturated carbocycles. The van der Waals surface area contributed by atoms with Gasteiger partial charge in [0.25, 0.3) is 5.91 Å². The molecule has 1 heterocycles. The van der Waals surface area contributed by atoms with Gasteiger partial charge in [-0.25, -0.2) is 8.78 Å². The molecule has 0 aliphatic carbocycles. The standard InChI is InChI=1S/C20H17F2NO3/c1-2-16(24)17-18(14-5-3-4-6-15(14)22)23(20(26)19(17)25)11-12-7-9-13(21)10-8-12/h3-10,18,25H,2,11H2,1H3. The molecule has 4 nitrogen and oxygen atoms in total. The molecule has 0 radical (unpaired) electrons. The summed E-state index contributed by atoms with van der Waals surface area (Å²) < 4.78 is 27.5. The zero-order chi connectivity index (χ0) is 18.8. The summed E-state index contributed by atoms with van der Waals surface area (Å²) in [6.07, 6.45) is 0.0714. The molecule has 1 amide bonds. The van der Waals surface area contributed by atoms with Crippen LogP contribution in [0, 0.1) is 11.6 Å². The van der Waals surface area contributed by atoms with Crippen LogP contribution in [0.15, 0.2) is 59.9 Å². The van der Waals surface area contributed by atoms with Crippen LogP contribution in [0.1, 0.15) is 30.5 Å². The Morgan fingerprint density at radius 2 is 1.77 bits per heavy atom.